The summed E-state index contributed by atoms with van der Waals surface area (Å²) >= 11 is 0. The van der Waals surface area contributed by atoms with Crippen molar-refractivity contribution in [3.63, 3.8) is 0 Å². The molecule has 0 aromatic rings. The highest BCUT2D eigenvalue weighted by atomic mass is 32.2. The van der Waals surface area contributed by atoms with Gasteiger partial charge in [0.15, 0.2) is 0 Å². The molecule has 3 nitrogen and oxygen atoms in total. The molecule has 23 heavy (non-hydrogen) atoms. The first-order chi connectivity index (χ1) is 11.1. The fourth-order valence-electron chi connectivity index (χ4n) is 2.56. The van der Waals surface area contributed by atoms with Gasteiger partial charge in [0.1, 0.15) is 0 Å². The lowest BCUT2D eigenvalue weighted by Gasteiger charge is -2.02. The molecular formula is C19H38O3S. The van der Waals surface area contributed by atoms with Gasteiger partial charge < -0.3 is 0 Å². The van der Waals surface area contributed by atoms with E-state index in [1.165, 1.54) is 77.0 Å². The largest absolute Gasteiger partial charge is 0.270 e. The van der Waals surface area contributed by atoms with Crippen LogP contribution in [0.3, 0.4) is 0 Å². The lowest BCUT2D eigenvalue weighted by atomic mass is 10.1. The van der Waals surface area contributed by atoms with Crippen molar-refractivity contribution < 1.29 is 12.6 Å². The second kappa shape index (κ2) is 16.5. The summed E-state index contributed by atoms with van der Waals surface area (Å²) in [5, 5.41) is 0. The quantitative estimate of drug-likeness (QED) is 0.184. The van der Waals surface area contributed by atoms with Crippen molar-refractivity contribution in [2.24, 2.45) is 0 Å². The van der Waals surface area contributed by atoms with Crippen molar-refractivity contribution in [3.8, 4) is 0 Å². The van der Waals surface area contributed by atoms with Crippen LogP contribution in [0.1, 0.15) is 96.8 Å². The molecule has 0 spiro atoms. The van der Waals surface area contributed by atoms with Crippen LogP contribution in [0.5, 0.6) is 0 Å². The van der Waals surface area contributed by atoms with Crippen LogP contribution in [0.25, 0.3) is 0 Å². The average Bonchev–Trinajstić information content (AvgIpc) is 2.49. The Labute approximate surface area is 145 Å². The summed E-state index contributed by atoms with van der Waals surface area (Å²) in [6.45, 7) is 2.59. The Morgan fingerprint density at radius 2 is 1.13 bits per heavy atom. The lowest BCUT2D eigenvalue weighted by molar-refractivity contribution is 0.309. The van der Waals surface area contributed by atoms with Gasteiger partial charge in [-0.15, -0.1) is 0 Å². The predicted octanol–water partition coefficient (Wildman–Crippen LogP) is 6.00. The molecule has 0 aromatic heterocycles. The molecule has 0 atom stereocenters. The van der Waals surface area contributed by atoms with Crippen LogP contribution in [-0.4, -0.2) is 21.3 Å². The van der Waals surface area contributed by atoms with Crippen molar-refractivity contribution in [3.05, 3.63) is 12.2 Å². The first-order valence-electron chi connectivity index (χ1n) is 9.55. The summed E-state index contributed by atoms with van der Waals surface area (Å²) in [5.74, 6) is 0. The normalized spacial score (nSPS) is 12.3. The Morgan fingerprint density at radius 3 is 1.61 bits per heavy atom. The Bertz CT molecular complexity index is 361. The fourth-order valence-corrected chi connectivity index (χ4v) is 2.98. The Kier molecular flexibility index (Phi) is 16.3. The minimum atomic E-state index is -3.25. The van der Waals surface area contributed by atoms with Crippen molar-refractivity contribution in [1.82, 2.24) is 0 Å². The van der Waals surface area contributed by atoms with E-state index in [2.05, 4.69) is 19.1 Å². The Hall–Kier alpha value is -0.350. The van der Waals surface area contributed by atoms with Gasteiger partial charge in [0.2, 0.25) is 0 Å². The summed E-state index contributed by atoms with van der Waals surface area (Å²) in [5.41, 5.74) is 0. The first kappa shape index (κ1) is 22.6. The van der Waals surface area contributed by atoms with Crippen molar-refractivity contribution in [2.45, 2.75) is 96.8 Å². The van der Waals surface area contributed by atoms with Gasteiger partial charge >= 0.3 is 0 Å². The highest BCUT2D eigenvalue weighted by Gasteiger charge is 2.00. The van der Waals surface area contributed by atoms with Crippen LogP contribution in [0.2, 0.25) is 0 Å². The van der Waals surface area contributed by atoms with Gasteiger partial charge in [-0.3, -0.25) is 4.18 Å². The van der Waals surface area contributed by atoms with E-state index in [4.69, 9.17) is 4.18 Å². The topological polar surface area (TPSA) is 43.4 Å². The fraction of sp³-hybridized carbons (Fsp3) is 0.895. The zero-order chi connectivity index (χ0) is 17.2. The molecule has 4 heteroatoms. The second-order valence-electron chi connectivity index (χ2n) is 6.46. The number of rotatable bonds is 17. The summed E-state index contributed by atoms with van der Waals surface area (Å²) in [7, 11) is -3.25. The van der Waals surface area contributed by atoms with Gasteiger partial charge in [-0.25, -0.2) is 0 Å². The molecule has 0 saturated carbocycles. The van der Waals surface area contributed by atoms with Gasteiger partial charge in [-0.2, -0.15) is 8.42 Å². The van der Waals surface area contributed by atoms with E-state index in [1.54, 1.807) is 0 Å². The van der Waals surface area contributed by atoms with Crippen LogP contribution in [0.4, 0.5) is 0 Å². The van der Waals surface area contributed by atoms with Gasteiger partial charge in [-0.1, -0.05) is 76.9 Å². The number of hydrogen-bond acceptors (Lipinski definition) is 3. The minimum absolute atomic E-state index is 0.337. The van der Waals surface area contributed by atoms with Gasteiger partial charge in [-0.05, 0) is 32.1 Å². The average molecular weight is 347 g/mol. The molecule has 138 valence electrons. The third-order valence-electron chi connectivity index (χ3n) is 3.95. The third-order valence-corrected chi connectivity index (χ3v) is 4.55. The van der Waals surface area contributed by atoms with Crippen LogP contribution in [0.15, 0.2) is 12.2 Å². The smallest absolute Gasteiger partial charge is 0.264 e. The van der Waals surface area contributed by atoms with Crippen molar-refractivity contribution >= 4 is 10.1 Å². The maximum absolute atomic E-state index is 10.8. The molecule has 0 amide bonds. The molecule has 0 aliphatic carbocycles. The minimum Gasteiger partial charge on any atom is -0.270 e. The summed E-state index contributed by atoms with van der Waals surface area (Å²) < 4.78 is 26.2. The van der Waals surface area contributed by atoms with Gasteiger partial charge in [0.05, 0.1) is 12.9 Å². The standard InChI is InChI=1S/C19H38O3S/c1-3-4-5-6-7-8-9-10-11-12-13-14-15-16-17-18-19-22-23(2,20)21/h8-9H,3-7,10-19H2,1-2H3/b9-8+. The molecule has 0 radical (unpaired) electrons. The van der Waals surface area contributed by atoms with E-state index in [-0.39, 0.29) is 0 Å². The van der Waals surface area contributed by atoms with E-state index in [0.29, 0.717) is 6.61 Å². The van der Waals surface area contributed by atoms with Crippen molar-refractivity contribution in [2.75, 3.05) is 12.9 Å². The lowest BCUT2D eigenvalue weighted by Crippen LogP contribution is -2.03. The van der Waals surface area contributed by atoms with Crippen LogP contribution >= 0.6 is 0 Å². The molecule has 0 aromatic carbocycles. The highest BCUT2D eigenvalue weighted by Crippen LogP contribution is 2.10. The molecule has 0 fully saturated rings. The molecule has 0 unspecified atom stereocenters. The molecule has 0 heterocycles. The molecule has 0 bridgehead atoms. The number of allylic oxidation sites excluding steroid dienone is 2. The SMILES string of the molecule is CCCCCC/C=C/CCCCCCCCCCOS(C)(=O)=O. The molecule has 0 aliphatic rings. The first-order valence-corrected chi connectivity index (χ1v) is 11.4. The van der Waals surface area contributed by atoms with Crippen LogP contribution < -0.4 is 0 Å². The van der Waals surface area contributed by atoms with E-state index in [0.717, 1.165) is 19.1 Å². The van der Waals surface area contributed by atoms with Crippen molar-refractivity contribution in [1.29, 1.82) is 0 Å². The van der Waals surface area contributed by atoms with E-state index < -0.39 is 10.1 Å². The Balaban J connectivity index is 3.12. The third kappa shape index (κ3) is 21.6. The summed E-state index contributed by atoms with van der Waals surface area (Å²) in [6, 6.07) is 0. The molecule has 0 rings (SSSR count). The molecule has 0 aliphatic heterocycles. The number of hydrogen-bond donors (Lipinski definition) is 0. The van der Waals surface area contributed by atoms with Crippen LogP contribution in [0, 0.1) is 0 Å². The van der Waals surface area contributed by atoms with E-state index in [1.807, 2.05) is 0 Å². The van der Waals surface area contributed by atoms with Gasteiger partial charge in [0.25, 0.3) is 10.1 Å². The maximum Gasteiger partial charge on any atom is 0.264 e. The zero-order valence-corrected chi connectivity index (χ0v) is 16.2. The van der Waals surface area contributed by atoms with E-state index in [9.17, 15) is 8.42 Å². The monoisotopic (exact) mass is 346 g/mol. The highest BCUT2D eigenvalue weighted by molar-refractivity contribution is 7.85. The Morgan fingerprint density at radius 1 is 0.696 bits per heavy atom. The molecule has 0 saturated heterocycles. The predicted molar refractivity (Wildman–Crippen MR) is 100 cm³/mol. The number of unbranched alkanes of at least 4 members (excludes halogenated alkanes) is 12. The van der Waals surface area contributed by atoms with E-state index >= 15 is 0 Å². The zero-order valence-electron chi connectivity index (χ0n) is 15.4. The van der Waals surface area contributed by atoms with Gasteiger partial charge in [0, 0.05) is 0 Å². The maximum atomic E-state index is 10.8. The summed E-state index contributed by atoms with van der Waals surface area (Å²) in [4.78, 5) is 0. The molecular weight excluding hydrogens is 308 g/mol. The molecule has 0 N–H and O–H groups in total. The van der Waals surface area contributed by atoms with Crippen LogP contribution in [-0.2, 0) is 14.3 Å². The summed E-state index contributed by atoms with van der Waals surface area (Å²) in [6.07, 6.45) is 23.3. The second-order valence-corrected chi connectivity index (χ2v) is 8.11.